The monoisotopic (exact) mass is 370 g/mol. The van der Waals surface area contributed by atoms with Gasteiger partial charge in [-0.05, 0) is 18.2 Å². The van der Waals surface area contributed by atoms with E-state index < -0.39 is 6.72 Å². The molecule has 0 aliphatic heterocycles. The fourth-order valence-corrected chi connectivity index (χ4v) is 2.81. The van der Waals surface area contributed by atoms with Crippen molar-refractivity contribution in [1.82, 2.24) is 0 Å². The molecular weight excluding hydrogens is 335 g/mol. The predicted octanol–water partition coefficient (Wildman–Crippen LogP) is 4.16. The minimum atomic E-state index is -3.60. The topological polar surface area (TPSA) is 68.2 Å². The second kappa shape index (κ2) is 15.9. The molecule has 7 heteroatoms. The Bertz CT molecular complexity index is 298. The Hall–Kier alpha value is 0.450. The van der Waals surface area contributed by atoms with E-state index in [9.17, 15) is 0 Å². The Balaban J connectivity index is 3.32. The van der Waals surface area contributed by atoms with E-state index in [0.29, 0.717) is 13.2 Å². The number of hydrogen-bond acceptors (Lipinski definition) is 4. The van der Waals surface area contributed by atoms with Crippen LogP contribution in [0.4, 0.5) is 0 Å². The standard InChI is InChI=1S/C16H35O5PS/c1-3-4-5-6-7-8-9-10-11-12-13-20-14-16(19-2)15-21-22(17,18)23/h16H,3-15H2,1-2H3,(H2,17,18,23). The van der Waals surface area contributed by atoms with Crippen LogP contribution in [0.2, 0.25) is 0 Å². The minimum absolute atomic E-state index is 0.0405. The lowest BCUT2D eigenvalue weighted by molar-refractivity contribution is -0.0173. The highest BCUT2D eigenvalue weighted by molar-refractivity contribution is 8.06. The molecule has 0 aliphatic rings. The van der Waals surface area contributed by atoms with Gasteiger partial charge in [0.05, 0.1) is 13.2 Å². The lowest BCUT2D eigenvalue weighted by Gasteiger charge is -2.17. The van der Waals surface area contributed by atoms with E-state index in [1.54, 1.807) is 0 Å². The van der Waals surface area contributed by atoms with Crippen molar-refractivity contribution in [2.75, 3.05) is 26.9 Å². The van der Waals surface area contributed by atoms with Gasteiger partial charge in [0.2, 0.25) is 0 Å². The zero-order valence-electron chi connectivity index (χ0n) is 14.7. The fourth-order valence-electron chi connectivity index (χ4n) is 2.27. The van der Waals surface area contributed by atoms with Gasteiger partial charge in [-0.25, -0.2) is 0 Å². The lowest BCUT2D eigenvalue weighted by Crippen LogP contribution is -2.24. The quantitative estimate of drug-likeness (QED) is 0.296. The van der Waals surface area contributed by atoms with E-state index in [4.69, 9.17) is 23.8 Å². The maximum atomic E-state index is 9.00. The first-order valence-corrected chi connectivity index (χ1v) is 11.4. The third-order valence-corrected chi connectivity index (χ3v) is 4.51. The summed E-state index contributed by atoms with van der Waals surface area (Å²) in [5, 5.41) is 0. The van der Waals surface area contributed by atoms with Gasteiger partial charge < -0.3 is 23.8 Å². The van der Waals surface area contributed by atoms with Crippen LogP contribution in [0.15, 0.2) is 0 Å². The summed E-state index contributed by atoms with van der Waals surface area (Å²) < 4.78 is 15.5. The summed E-state index contributed by atoms with van der Waals surface area (Å²) in [6.45, 7) is -0.242. The van der Waals surface area contributed by atoms with E-state index in [1.165, 1.54) is 64.9 Å². The summed E-state index contributed by atoms with van der Waals surface area (Å²) in [4.78, 5) is 18.0. The van der Waals surface area contributed by atoms with Gasteiger partial charge in [-0.2, -0.15) is 0 Å². The smallest absolute Gasteiger partial charge is 0.321 e. The SMILES string of the molecule is CCCCCCCCCCCCOCC(COP(O)(O)=S)OC. The number of hydrogen-bond donors (Lipinski definition) is 2. The first-order valence-electron chi connectivity index (χ1n) is 8.80. The van der Waals surface area contributed by atoms with Gasteiger partial charge in [0.15, 0.2) is 0 Å². The van der Waals surface area contributed by atoms with Crippen LogP contribution in [0, 0.1) is 0 Å². The molecule has 0 fully saturated rings. The molecule has 1 atom stereocenters. The van der Waals surface area contributed by atoms with Crippen molar-refractivity contribution in [3.63, 3.8) is 0 Å². The van der Waals surface area contributed by atoms with Gasteiger partial charge in [0.1, 0.15) is 6.10 Å². The van der Waals surface area contributed by atoms with E-state index in [-0.39, 0.29) is 12.7 Å². The average molecular weight is 370 g/mol. The van der Waals surface area contributed by atoms with Crippen molar-refractivity contribution in [1.29, 1.82) is 0 Å². The largest absolute Gasteiger partial charge is 0.379 e. The second-order valence-electron chi connectivity index (χ2n) is 5.90. The molecule has 2 N–H and O–H groups in total. The molecule has 0 aliphatic carbocycles. The van der Waals surface area contributed by atoms with Crippen molar-refractivity contribution in [3.05, 3.63) is 0 Å². The summed E-state index contributed by atoms with van der Waals surface area (Å²) in [5.74, 6) is 0. The van der Waals surface area contributed by atoms with Crippen LogP contribution in [0.25, 0.3) is 0 Å². The Morgan fingerprint density at radius 2 is 1.39 bits per heavy atom. The highest BCUT2D eigenvalue weighted by Gasteiger charge is 2.14. The first-order chi connectivity index (χ1) is 11.0. The number of ether oxygens (including phenoxy) is 2. The maximum Gasteiger partial charge on any atom is 0.321 e. The molecule has 0 saturated heterocycles. The zero-order valence-corrected chi connectivity index (χ0v) is 16.5. The van der Waals surface area contributed by atoms with Gasteiger partial charge in [0, 0.05) is 13.7 Å². The second-order valence-corrected chi connectivity index (χ2v) is 8.57. The normalized spacial score (nSPS) is 13.4. The third kappa shape index (κ3) is 18.6. The highest BCUT2D eigenvalue weighted by Crippen LogP contribution is 2.36. The van der Waals surface area contributed by atoms with E-state index >= 15 is 0 Å². The van der Waals surface area contributed by atoms with E-state index in [0.717, 1.165) is 6.42 Å². The van der Waals surface area contributed by atoms with Crippen LogP contribution in [0.1, 0.15) is 71.1 Å². The van der Waals surface area contributed by atoms with Gasteiger partial charge in [0.25, 0.3) is 0 Å². The average Bonchev–Trinajstić information content (AvgIpc) is 2.50. The van der Waals surface area contributed by atoms with Crippen LogP contribution >= 0.6 is 6.72 Å². The number of methoxy groups -OCH3 is 1. The van der Waals surface area contributed by atoms with Crippen LogP contribution < -0.4 is 0 Å². The van der Waals surface area contributed by atoms with Crippen molar-refractivity contribution < 1.29 is 23.8 Å². The van der Waals surface area contributed by atoms with Gasteiger partial charge >= 0.3 is 6.72 Å². The zero-order chi connectivity index (χ0) is 17.4. The predicted molar refractivity (Wildman–Crippen MR) is 98.1 cm³/mol. The van der Waals surface area contributed by atoms with Gasteiger partial charge in [-0.1, -0.05) is 64.7 Å². The van der Waals surface area contributed by atoms with Gasteiger partial charge in [-0.3, -0.25) is 0 Å². The summed E-state index contributed by atoms with van der Waals surface area (Å²) >= 11 is 4.39. The lowest BCUT2D eigenvalue weighted by atomic mass is 10.1. The maximum absolute atomic E-state index is 9.00. The summed E-state index contributed by atoms with van der Waals surface area (Å²) in [6.07, 6.45) is 12.7. The van der Waals surface area contributed by atoms with Crippen molar-refractivity contribution in [2.24, 2.45) is 0 Å². The van der Waals surface area contributed by atoms with E-state index in [2.05, 4.69) is 18.7 Å². The third-order valence-electron chi connectivity index (χ3n) is 3.71. The van der Waals surface area contributed by atoms with Crippen molar-refractivity contribution >= 4 is 18.5 Å². The molecule has 0 aromatic rings. The molecule has 0 aromatic heterocycles. The van der Waals surface area contributed by atoms with Crippen LogP contribution in [0.5, 0.6) is 0 Å². The van der Waals surface area contributed by atoms with Crippen LogP contribution in [0.3, 0.4) is 0 Å². The Morgan fingerprint density at radius 3 is 1.87 bits per heavy atom. The van der Waals surface area contributed by atoms with E-state index in [1.807, 2.05) is 0 Å². The summed E-state index contributed by atoms with van der Waals surface area (Å²) in [7, 11) is 1.54. The first kappa shape index (κ1) is 23.4. The summed E-state index contributed by atoms with van der Waals surface area (Å²) in [6, 6.07) is 0. The molecular formula is C16H35O5PS. The Labute approximate surface area is 147 Å². The number of unbranched alkanes of at least 4 members (excludes halogenated alkanes) is 9. The molecule has 0 amide bonds. The van der Waals surface area contributed by atoms with Gasteiger partial charge in [-0.15, -0.1) is 0 Å². The molecule has 23 heavy (non-hydrogen) atoms. The Morgan fingerprint density at radius 1 is 0.870 bits per heavy atom. The molecule has 0 spiro atoms. The molecule has 0 bridgehead atoms. The molecule has 1 unspecified atom stereocenters. The minimum Gasteiger partial charge on any atom is -0.379 e. The van der Waals surface area contributed by atoms with Crippen LogP contribution in [-0.2, 0) is 25.8 Å². The molecule has 0 saturated carbocycles. The van der Waals surface area contributed by atoms with Crippen molar-refractivity contribution in [3.8, 4) is 0 Å². The number of rotatable bonds is 17. The highest BCUT2D eigenvalue weighted by atomic mass is 32.5. The molecule has 140 valence electrons. The summed E-state index contributed by atoms with van der Waals surface area (Å²) in [5.41, 5.74) is 0. The fraction of sp³-hybridized carbons (Fsp3) is 1.00. The molecule has 0 rings (SSSR count). The molecule has 0 aromatic carbocycles. The Kier molecular flexibility index (Phi) is 16.3. The van der Waals surface area contributed by atoms with Crippen LogP contribution in [-0.4, -0.2) is 42.8 Å². The van der Waals surface area contributed by atoms with Crippen molar-refractivity contribution in [2.45, 2.75) is 77.2 Å². The molecule has 0 heterocycles. The molecule has 5 nitrogen and oxygen atoms in total. The molecule has 0 radical (unpaired) electrons.